The van der Waals surface area contributed by atoms with E-state index in [-0.39, 0.29) is 0 Å². The highest BCUT2D eigenvalue weighted by Crippen LogP contribution is 2.35. The molecule has 5 nitrogen and oxygen atoms in total. The molecule has 1 fully saturated rings. The Morgan fingerprint density at radius 2 is 1.90 bits per heavy atom. The number of rotatable bonds is 4. The Balaban J connectivity index is 1.47. The van der Waals surface area contributed by atoms with E-state index in [0.717, 1.165) is 44.2 Å². The molecule has 0 radical (unpaired) electrons. The fraction of sp³-hybridized carbons (Fsp3) is 0.500. The highest BCUT2D eigenvalue weighted by Gasteiger charge is 2.28. The zero-order chi connectivity index (χ0) is 19.8. The third-order valence-electron chi connectivity index (χ3n) is 6.86. The van der Waals surface area contributed by atoms with Crippen molar-refractivity contribution in [2.45, 2.75) is 69.6 Å². The molecule has 1 saturated carbocycles. The van der Waals surface area contributed by atoms with Crippen molar-refractivity contribution >= 4 is 11.0 Å². The third kappa shape index (κ3) is 3.58. The topological polar surface area (TPSA) is 60.0 Å². The molecule has 0 amide bonds. The lowest BCUT2D eigenvalue weighted by Gasteiger charge is -2.33. The van der Waals surface area contributed by atoms with E-state index in [2.05, 4.69) is 52.9 Å². The van der Waals surface area contributed by atoms with Crippen LogP contribution in [-0.4, -0.2) is 32.5 Å². The van der Waals surface area contributed by atoms with Gasteiger partial charge in [-0.25, -0.2) is 4.98 Å². The largest absolute Gasteiger partial charge is 0.328 e. The normalized spacial score (nSPS) is 24.7. The zero-order valence-electron chi connectivity index (χ0n) is 17.3. The van der Waals surface area contributed by atoms with E-state index in [9.17, 15) is 0 Å². The van der Waals surface area contributed by atoms with Crippen LogP contribution in [0.4, 0.5) is 0 Å². The number of aryl methyl sites for hydroxylation is 1. The summed E-state index contributed by atoms with van der Waals surface area (Å²) in [6.07, 6.45) is 9.97. The standard InChI is InChI=1S/C24H31N5/c1-28(22-10-4-6-17-7-5-15-26-24(17)22)16-23-27-20-8-2-3-9-21(20)29(23)19-13-11-18(25)12-14-19/h2-3,5,7-9,15,18-19,22H,4,6,10-14,16,25H2,1H3. The summed E-state index contributed by atoms with van der Waals surface area (Å²) in [5.41, 5.74) is 11.2. The van der Waals surface area contributed by atoms with Gasteiger partial charge in [-0.05, 0) is 75.8 Å². The van der Waals surface area contributed by atoms with Crippen molar-refractivity contribution in [3.05, 3.63) is 59.7 Å². The Labute approximate surface area is 172 Å². The van der Waals surface area contributed by atoms with Crippen molar-refractivity contribution in [3.8, 4) is 0 Å². The summed E-state index contributed by atoms with van der Waals surface area (Å²) in [7, 11) is 2.23. The number of para-hydroxylation sites is 2. The predicted molar refractivity (Wildman–Crippen MR) is 117 cm³/mol. The van der Waals surface area contributed by atoms with Gasteiger partial charge in [0.2, 0.25) is 0 Å². The predicted octanol–water partition coefficient (Wildman–Crippen LogP) is 4.38. The molecule has 29 heavy (non-hydrogen) atoms. The lowest BCUT2D eigenvalue weighted by atomic mass is 9.91. The molecule has 5 rings (SSSR count). The van der Waals surface area contributed by atoms with Crippen molar-refractivity contribution in [3.63, 3.8) is 0 Å². The number of hydrogen-bond donors (Lipinski definition) is 1. The Kier molecular flexibility index (Phi) is 5.10. The number of nitrogens with zero attached hydrogens (tertiary/aromatic N) is 4. The van der Waals surface area contributed by atoms with E-state index in [1.807, 2.05) is 6.20 Å². The summed E-state index contributed by atoms with van der Waals surface area (Å²) in [6.45, 7) is 0.845. The first-order chi connectivity index (χ1) is 14.2. The number of pyridine rings is 1. The van der Waals surface area contributed by atoms with Gasteiger partial charge in [-0.15, -0.1) is 0 Å². The highest BCUT2D eigenvalue weighted by atomic mass is 15.2. The van der Waals surface area contributed by atoms with Gasteiger partial charge in [-0.2, -0.15) is 0 Å². The minimum absolute atomic E-state index is 0.358. The second kappa shape index (κ2) is 7.88. The maximum absolute atomic E-state index is 6.18. The van der Waals surface area contributed by atoms with Gasteiger partial charge in [0.25, 0.3) is 0 Å². The molecule has 2 aliphatic carbocycles. The third-order valence-corrected chi connectivity index (χ3v) is 6.86. The van der Waals surface area contributed by atoms with Crippen LogP contribution in [0.3, 0.4) is 0 Å². The first-order valence-corrected chi connectivity index (χ1v) is 11.1. The molecule has 2 N–H and O–H groups in total. The van der Waals surface area contributed by atoms with Crippen molar-refractivity contribution in [2.75, 3.05) is 7.05 Å². The van der Waals surface area contributed by atoms with Gasteiger partial charge in [-0.3, -0.25) is 9.88 Å². The van der Waals surface area contributed by atoms with E-state index in [1.165, 1.54) is 35.4 Å². The maximum Gasteiger partial charge on any atom is 0.124 e. The Hall–Kier alpha value is -2.24. The molecule has 2 heterocycles. The fourth-order valence-electron chi connectivity index (χ4n) is 5.32. The van der Waals surface area contributed by atoms with E-state index in [4.69, 9.17) is 15.7 Å². The van der Waals surface area contributed by atoms with Crippen LogP contribution in [0.1, 0.15) is 67.7 Å². The molecule has 2 aliphatic rings. The molecule has 1 unspecified atom stereocenters. The van der Waals surface area contributed by atoms with Crippen molar-refractivity contribution < 1.29 is 0 Å². The van der Waals surface area contributed by atoms with Crippen LogP contribution in [0.15, 0.2) is 42.6 Å². The summed E-state index contributed by atoms with van der Waals surface area (Å²) >= 11 is 0. The van der Waals surface area contributed by atoms with Crippen molar-refractivity contribution in [1.82, 2.24) is 19.4 Å². The van der Waals surface area contributed by atoms with Gasteiger partial charge in [0.15, 0.2) is 0 Å². The Morgan fingerprint density at radius 3 is 2.76 bits per heavy atom. The summed E-state index contributed by atoms with van der Waals surface area (Å²) in [5, 5.41) is 0. The lowest BCUT2D eigenvalue weighted by molar-refractivity contribution is 0.197. The van der Waals surface area contributed by atoms with Gasteiger partial charge in [0.05, 0.1) is 29.3 Å². The summed E-state index contributed by atoms with van der Waals surface area (Å²) < 4.78 is 2.51. The second-order valence-electron chi connectivity index (χ2n) is 8.83. The number of benzene rings is 1. The van der Waals surface area contributed by atoms with Crippen LogP contribution in [0, 0.1) is 0 Å². The Bertz CT molecular complexity index is 986. The first-order valence-electron chi connectivity index (χ1n) is 11.1. The van der Waals surface area contributed by atoms with Crippen LogP contribution in [0.2, 0.25) is 0 Å². The van der Waals surface area contributed by atoms with Crippen molar-refractivity contribution in [2.24, 2.45) is 5.73 Å². The van der Waals surface area contributed by atoms with Gasteiger partial charge in [-0.1, -0.05) is 18.2 Å². The molecular weight excluding hydrogens is 358 g/mol. The molecule has 152 valence electrons. The van der Waals surface area contributed by atoms with Crippen LogP contribution < -0.4 is 5.73 Å². The average molecular weight is 390 g/mol. The van der Waals surface area contributed by atoms with Crippen LogP contribution in [-0.2, 0) is 13.0 Å². The zero-order valence-corrected chi connectivity index (χ0v) is 17.3. The van der Waals surface area contributed by atoms with Gasteiger partial charge in [0.1, 0.15) is 5.82 Å². The fourth-order valence-corrected chi connectivity index (χ4v) is 5.32. The van der Waals surface area contributed by atoms with Gasteiger partial charge >= 0.3 is 0 Å². The smallest absolute Gasteiger partial charge is 0.124 e. The number of aromatic nitrogens is 3. The quantitative estimate of drug-likeness (QED) is 0.719. The number of fused-ring (bicyclic) bond motifs is 2. The minimum Gasteiger partial charge on any atom is -0.328 e. The molecule has 0 spiro atoms. The molecule has 5 heteroatoms. The number of imidazole rings is 1. The molecule has 3 aromatic rings. The molecule has 0 aliphatic heterocycles. The summed E-state index contributed by atoms with van der Waals surface area (Å²) in [5.74, 6) is 1.18. The van der Waals surface area contributed by atoms with E-state index >= 15 is 0 Å². The van der Waals surface area contributed by atoms with Crippen molar-refractivity contribution in [1.29, 1.82) is 0 Å². The number of nitrogens with two attached hydrogens (primary N) is 1. The monoisotopic (exact) mass is 389 g/mol. The maximum atomic E-state index is 6.18. The van der Waals surface area contributed by atoms with E-state index < -0.39 is 0 Å². The highest BCUT2D eigenvalue weighted by molar-refractivity contribution is 5.76. The second-order valence-corrected chi connectivity index (χ2v) is 8.83. The van der Waals surface area contributed by atoms with E-state index in [1.54, 1.807) is 0 Å². The number of hydrogen-bond acceptors (Lipinski definition) is 4. The first kappa shape index (κ1) is 18.8. The summed E-state index contributed by atoms with van der Waals surface area (Å²) in [6, 6.07) is 14.1. The van der Waals surface area contributed by atoms with Crippen LogP contribution in [0.25, 0.3) is 11.0 Å². The molecule has 2 aromatic heterocycles. The lowest BCUT2D eigenvalue weighted by Crippen LogP contribution is -2.31. The van der Waals surface area contributed by atoms with E-state index in [0.29, 0.717) is 18.1 Å². The van der Waals surface area contributed by atoms with Gasteiger partial charge < -0.3 is 10.3 Å². The molecular formula is C24H31N5. The Morgan fingerprint density at radius 1 is 1.07 bits per heavy atom. The molecule has 0 saturated heterocycles. The average Bonchev–Trinajstić information content (AvgIpc) is 3.11. The van der Waals surface area contributed by atoms with Crippen LogP contribution >= 0.6 is 0 Å². The van der Waals surface area contributed by atoms with Crippen LogP contribution in [0.5, 0.6) is 0 Å². The summed E-state index contributed by atoms with van der Waals surface area (Å²) in [4.78, 5) is 12.3. The molecule has 1 aromatic carbocycles. The SMILES string of the molecule is CN(Cc1nc2ccccc2n1C1CCC(N)CC1)C1CCCc2cccnc21. The van der Waals surface area contributed by atoms with Gasteiger partial charge in [0, 0.05) is 18.3 Å². The molecule has 0 bridgehead atoms. The minimum atomic E-state index is 0.358. The molecule has 1 atom stereocenters.